The summed E-state index contributed by atoms with van der Waals surface area (Å²) in [7, 11) is -3.81. The van der Waals surface area contributed by atoms with Gasteiger partial charge in [0.05, 0.1) is 16.4 Å². The lowest BCUT2D eigenvalue weighted by Gasteiger charge is -2.12. The smallest absolute Gasteiger partial charge is 0.263 e. The summed E-state index contributed by atoms with van der Waals surface area (Å²) < 4.78 is 27.0. The average molecular weight is 331 g/mol. The Kier molecular flexibility index (Phi) is 4.13. The van der Waals surface area contributed by atoms with Crippen molar-refractivity contribution in [2.45, 2.75) is 11.8 Å². The Morgan fingerprint density at radius 3 is 2.40 bits per heavy atom. The number of nitrogens with one attached hydrogen (secondary N) is 1. The first-order valence-corrected chi connectivity index (χ1v) is 7.87. The maximum Gasteiger partial charge on any atom is 0.263 e. The molecule has 0 amide bonds. The minimum atomic E-state index is -3.81. The molecule has 0 aliphatic rings. The third-order valence-electron chi connectivity index (χ3n) is 2.63. The lowest BCUT2D eigenvalue weighted by molar-refractivity contribution is 0.601. The van der Waals surface area contributed by atoms with Crippen LogP contribution in [0.25, 0.3) is 0 Å². The van der Waals surface area contributed by atoms with E-state index in [9.17, 15) is 8.42 Å². The number of hydrogen-bond donors (Lipinski definition) is 2. The van der Waals surface area contributed by atoms with E-state index in [1.807, 2.05) is 6.92 Å². The first-order valence-electron chi connectivity index (χ1n) is 5.63. The van der Waals surface area contributed by atoms with Crippen LogP contribution in [0.1, 0.15) is 5.56 Å². The Balaban J connectivity index is 2.41. The summed E-state index contributed by atoms with van der Waals surface area (Å²) in [6, 6.07) is 9.22. The maximum absolute atomic E-state index is 12.3. The van der Waals surface area contributed by atoms with Gasteiger partial charge in [0.25, 0.3) is 10.0 Å². The molecular formula is C13H12Cl2N2O2S. The fraction of sp³-hybridized carbons (Fsp3) is 0.0769. The van der Waals surface area contributed by atoms with Crippen LogP contribution >= 0.6 is 23.2 Å². The van der Waals surface area contributed by atoms with Gasteiger partial charge in [-0.1, -0.05) is 29.3 Å². The van der Waals surface area contributed by atoms with Crippen molar-refractivity contribution in [3.05, 3.63) is 52.0 Å². The van der Waals surface area contributed by atoms with E-state index in [4.69, 9.17) is 28.9 Å². The van der Waals surface area contributed by atoms with Crippen LogP contribution in [-0.4, -0.2) is 8.42 Å². The van der Waals surface area contributed by atoms with Crippen molar-refractivity contribution in [2.24, 2.45) is 0 Å². The number of halogens is 2. The van der Waals surface area contributed by atoms with Crippen LogP contribution < -0.4 is 10.5 Å². The van der Waals surface area contributed by atoms with Crippen LogP contribution in [0.15, 0.2) is 41.3 Å². The van der Waals surface area contributed by atoms with Gasteiger partial charge < -0.3 is 5.73 Å². The van der Waals surface area contributed by atoms with Gasteiger partial charge in [0, 0.05) is 5.02 Å². The molecule has 0 heterocycles. The van der Waals surface area contributed by atoms with E-state index in [0.717, 1.165) is 5.56 Å². The zero-order valence-electron chi connectivity index (χ0n) is 10.5. The summed E-state index contributed by atoms with van der Waals surface area (Å²) >= 11 is 11.8. The lowest BCUT2D eigenvalue weighted by atomic mass is 10.2. The number of nitrogen functional groups attached to an aromatic ring is 1. The van der Waals surface area contributed by atoms with Gasteiger partial charge in [-0.25, -0.2) is 8.42 Å². The molecule has 4 nitrogen and oxygen atoms in total. The normalized spacial score (nSPS) is 11.3. The Morgan fingerprint density at radius 2 is 1.80 bits per heavy atom. The van der Waals surface area contributed by atoms with E-state index < -0.39 is 10.0 Å². The molecule has 0 aliphatic carbocycles. The Bertz CT molecular complexity index is 761. The highest BCUT2D eigenvalue weighted by atomic mass is 35.5. The Hall–Kier alpha value is -1.43. The molecule has 2 aromatic rings. The summed E-state index contributed by atoms with van der Waals surface area (Å²) in [5.74, 6) is 0. The molecule has 106 valence electrons. The number of anilines is 2. The summed E-state index contributed by atoms with van der Waals surface area (Å²) in [4.78, 5) is -0.0430. The molecular weight excluding hydrogens is 319 g/mol. The van der Waals surface area contributed by atoms with E-state index in [0.29, 0.717) is 15.7 Å². The zero-order valence-corrected chi connectivity index (χ0v) is 12.9. The Labute approximate surface area is 127 Å². The minimum Gasteiger partial charge on any atom is -0.398 e. The van der Waals surface area contributed by atoms with Gasteiger partial charge >= 0.3 is 0 Å². The summed E-state index contributed by atoms with van der Waals surface area (Å²) in [5, 5.41) is 0.691. The molecule has 0 saturated heterocycles. The number of nitrogens with two attached hydrogens (primary N) is 1. The summed E-state index contributed by atoms with van der Waals surface area (Å²) in [6.45, 7) is 1.86. The van der Waals surface area contributed by atoms with Crippen molar-refractivity contribution in [1.82, 2.24) is 0 Å². The molecule has 0 radical (unpaired) electrons. The van der Waals surface area contributed by atoms with Gasteiger partial charge in [-0.15, -0.1) is 0 Å². The number of rotatable bonds is 3. The molecule has 0 atom stereocenters. The van der Waals surface area contributed by atoms with Crippen LogP contribution in [-0.2, 0) is 10.0 Å². The largest absolute Gasteiger partial charge is 0.398 e. The second-order valence-electron chi connectivity index (χ2n) is 4.27. The average Bonchev–Trinajstić information content (AvgIpc) is 2.32. The molecule has 2 aromatic carbocycles. The standard InChI is InChI=1S/C13H12Cl2N2O2S/c1-8-2-4-12(10(15)6-8)17-20(18,19)13-5-3-9(14)7-11(13)16/h2-7,17H,16H2,1H3. The fourth-order valence-corrected chi connectivity index (χ4v) is 3.38. The molecule has 2 rings (SSSR count). The molecule has 0 bridgehead atoms. The van der Waals surface area contributed by atoms with Crippen LogP contribution in [0, 0.1) is 6.92 Å². The highest BCUT2D eigenvalue weighted by molar-refractivity contribution is 7.92. The topological polar surface area (TPSA) is 72.2 Å². The highest BCUT2D eigenvalue weighted by Crippen LogP contribution is 2.28. The van der Waals surface area contributed by atoms with Crippen molar-refractivity contribution in [1.29, 1.82) is 0 Å². The number of aryl methyl sites for hydroxylation is 1. The number of sulfonamides is 1. The van der Waals surface area contributed by atoms with Crippen molar-refractivity contribution in [3.63, 3.8) is 0 Å². The van der Waals surface area contributed by atoms with Gasteiger partial charge in [0.2, 0.25) is 0 Å². The van der Waals surface area contributed by atoms with E-state index in [1.165, 1.54) is 18.2 Å². The Morgan fingerprint density at radius 1 is 1.10 bits per heavy atom. The predicted molar refractivity (Wildman–Crippen MR) is 82.9 cm³/mol. The van der Waals surface area contributed by atoms with Crippen molar-refractivity contribution in [2.75, 3.05) is 10.5 Å². The van der Waals surface area contributed by atoms with Crippen LogP contribution in [0.3, 0.4) is 0 Å². The van der Waals surface area contributed by atoms with Gasteiger partial charge in [-0.05, 0) is 42.8 Å². The number of benzene rings is 2. The second kappa shape index (κ2) is 5.52. The van der Waals surface area contributed by atoms with E-state index >= 15 is 0 Å². The number of hydrogen-bond acceptors (Lipinski definition) is 3. The molecule has 3 N–H and O–H groups in total. The molecule has 0 aliphatic heterocycles. The highest BCUT2D eigenvalue weighted by Gasteiger charge is 2.18. The van der Waals surface area contributed by atoms with Gasteiger partial charge in [0.15, 0.2) is 0 Å². The van der Waals surface area contributed by atoms with Crippen LogP contribution in [0.2, 0.25) is 10.0 Å². The first-order chi connectivity index (χ1) is 9.29. The monoisotopic (exact) mass is 330 g/mol. The van der Waals surface area contributed by atoms with Gasteiger partial charge in [0.1, 0.15) is 4.90 Å². The lowest BCUT2D eigenvalue weighted by Crippen LogP contribution is -2.15. The van der Waals surface area contributed by atoms with Crippen LogP contribution in [0.5, 0.6) is 0 Å². The molecule has 0 fully saturated rings. The molecule has 20 heavy (non-hydrogen) atoms. The van der Waals surface area contributed by atoms with Crippen molar-refractivity contribution in [3.8, 4) is 0 Å². The van der Waals surface area contributed by atoms with Crippen molar-refractivity contribution < 1.29 is 8.42 Å². The SMILES string of the molecule is Cc1ccc(NS(=O)(=O)c2ccc(Cl)cc2N)c(Cl)c1. The van der Waals surface area contributed by atoms with E-state index in [2.05, 4.69) is 4.72 Å². The molecule has 0 unspecified atom stereocenters. The van der Waals surface area contributed by atoms with E-state index in [-0.39, 0.29) is 10.6 Å². The molecule has 0 saturated carbocycles. The molecule has 0 spiro atoms. The summed E-state index contributed by atoms with van der Waals surface area (Å²) in [5.41, 5.74) is 7.00. The minimum absolute atomic E-state index is 0.0430. The predicted octanol–water partition coefficient (Wildman–Crippen LogP) is 3.68. The summed E-state index contributed by atoms with van der Waals surface area (Å²) in [6.07, 6.45) is 0. The molecule has 0 aromatic heterocycles. The third kappa shape index (κ3) is 3.17. The first kappa shape index (κ1) is 15.0. The maximum atomic E-state index is 12.3. The molecule has 7 heteroatoms. The van der Waals surface area contributed by atoms with Crippen molar-refractivity contribution >= 4 is 44.6 Å². The van der Waals surface area contributed by atoms with Gasteiger partial charge in [-0.2, -0.15) is 0 Å². The van der Waals surface area contributed by atoms with E-state index in [1.54, 1.807) is 18.2 Å². The van der Waals surface area contributed by atoms with Crippen LogP contribution in [0.4, 0.5) is 11.4 Å². The second-order valence-corrected chi connectivity index (χ2v) is 6.77. The zero-order chi connectivity index (χ0) is 14.9. The van der Waals surface area contributed by atoms with Gasteiger partial charge in [-0.3, -0.25) is 4.72 Å². The fourth-order valence-electron chi connectivity index (χ4n) is 1.67. The third-order valence-corrected chi connectivity index (χ3v) is 4.62. The quantitative estimate of drug-likeness (QED) is 0.843.